The van der Waals surface area contributed by atoms with Gasteiger partial charge in [-0.1, -0.05) is 24.3 Å². The van der Waals surface area contributed by atoms with Gasteiger partial charge in [-0.05, 0) is 50.6 Å². The number of alkyl halides is 3. The van der Waals surface area contributed by atoms with Crippen LogP contribution in [0, 0.1) is 5.82 Å². The zero-order valence-corrected chi connectivity index (χ0v) is 20.6. The van der Waals surface area contributed by atoms with Gasteiger partial charge in [-0.15, -0.1) is 0 Å². The Morgan fingerprint density at radius 3 is 2.38 bits per heavy atom. The number of ether oxygens (including phenoxy) is 1. The highest BCUT2D eigenvalue weighted by molar-refractivity contribution is 5.95. The number of nitrogen functional groups attached to an aromatic ring is 1. The molecule has 2 aromatic carbocycles. The summed E-state index contributed by atoms with van der Waals surface area (Å²) in [6.45, 7) is 6.69. The van der Waals surface area contributed by atoms with Crippen LogP contribution in [0.3, 0.4) is 0 Å². The highest BCUT2D eigenvalue weighted by atomic mass is 19.4. The first-order chi connectivity index (χ1) is 17.4. The molecule has 0 aliphatic carbocycles. The minimum atomic E-state index is -4.89. The fourth-order valence-corrected chi connectivity index (χ4v) is 4.62. The number of carbonyl (C=O) groups is 1. The highest BCUT2D eigenvalue weighted by Gasteiger charge is 2.38. The summed E-state index contributed by atoms with van der Waals surface area (Å²) in [5, 5.41) is 3.40. The highest BCUT2D eigenvalue weighted by Crippen LogP contribution is 2.38. The van der Waals surface area contributed by atoms with E-state index in [0.29, 0.717) is 29.8 Å². The van der Waals surface area contributed by atoms with Gasteiger partial charge in [0.05, 0.1) is 5.56 Å². The van der Waals surface area contributed by atoms with Crippen molar-refractivity contribution in [1.29, 1.82) is 0 Å². The maximum Gasteiger partial charge on any atom is 0.419 e. The van der Waals surface area contributed by atoms with Crippen LogP contribution in [-0.4, -0.2) is 41.0 Å². The van der Waals surface area contributed by atoms with Gasteiger partial charge in [0.1, 0.15) is 11.9 Å². The van der Waals surface area contributed by atoms with Gasteiger partial charge in [0.25, 0.3) is 5.91 Å². The summed E-state index contributed by atoms with van der Waals surface area (Å²) >= 11 is 0. The smallest absolute Gasteiger partial charge is 0.419 e. The van der Waals surface area contributed by atoms with Crippen LogP contribution >= 0.6 is 0 Å². The Bertz CT molecular complexity index is 1270. The Morgan fingerprint density at radius 2 is 1.76 bits per heavy atom. The average molecular weight is 517 g/mol. The van der Waals surface area contributed by atoms with Gasteiger partial charge in [0.2, 0.25) is 0 Å². The molecule has 0 saturated carbocycles. The summed E-state index contributed by atoms with van der Waals surface area (Å²) in [4.78, 5) is 18.9. The zero-order valence-electron chi connectivity index (χ0n) is 20.6. The van der Waals surface area contributed by atoms with Gasteiger partial charge in [0.15, 0.2) is 11.6 Å². The third-order valence-electron chi connectivity index (χ3n) is 6.26. The first kappa shape index (κ1) is 26.4. The van der Waals surface area contributed by atoms with Crippen molar-refractivity contribution >= 4 is 11.7 Å². The fourth-order valence-electron chi connectivity index (χ4n) is 4.62. The van der Waals surface area contributed by atoms with E-state index in [1.165, 1.54) is 25.3 Å². The second-order valence-corrected chi connectivity index (χ2v) is 9.33. The van der Waals surface area contributed by atoms with E-state index < -0.39 is 23.7 Å². The van der Waals surface area contributed by atoms with Crippen LogP contribution in [0.1, 0.15) is 48.4 Å². The van der Waals surface area contributed by atoms with E-state index in [9.17, 15) is 22.4 Å². The molecule has 3 atom stereocenters. The predicted octanol–water partition coefficient (Wildman–Crippen LogP) is 5.45. The summed E-state index contributed by atoms with van der Waals surface area (Å²) in [6, 6.07) is 12.0. The molecule has 1 aliphatic rings. The van der Waals surface area contributed by atoms with Crippen molar-refractivity contribution in [2.75, 3.05) is 18.8 Å². The summed E-state index contributed by atoms with van der Waals surface area (Å²) in [6.07, 6.45) is -4.54. The molecule has 1 amide bonds. The van der Waals surface area contributed by atoms with Crippen molar-refractivity contribution in [3.8, 4) is 16.9 Å². The Kier molecular flexibility index (Phi) is 7.40. The largest absolute Gasteiger partial charge is 0.482 e. The average Bonchev–Trinajstić information content (AvgIpc) is 2.83. The Hall–Kier alpha value is -3.66. The number of nitrogens with two attached hydrogens (primary N) is 1. The molecular weight excluding hydrogens is 488 g/mol. The summed E-state index contributed by atoms with van der Waals surface area (Å²) in [5.74, 6) is -1.39. The minimum absolute atomic E-state index is 0.0192. The molecule has 6 nitrogen and oxygen atoms in total. The van der Waals surface area contributed by atoms with Crippen LogP contribution in [0.5, 0.6) is 5.75 Å². The van der Waals surface area contributed by atoms with E-state index >= 15 is 0 Å². The molecule has 2 unspecified atom stereocenters. The Morgan fingerprint density at radius 1 is 1.11 bits per heavy atom. The van der Waals surface area contributed by atoms with Crippen LogP contribution in [0.2, 0.25) is 0 Å². The lowest BCUT2D eigenvalue weighted by Gasteiger charge is -2.36. The van der Waals surface area contributed by atoms with Crippen LogP contribution in [0.15, 0.2) is 54.7 Å². The van der Waals surface area contributed by atoms with Crippen LogP contribution in [0.4, 0.5) is 23.4 Å². The molecule has 0 bridgehead atoms. The first-order valence-electron chi connectivity index (χ1n) is 11.9. The monoisotopic (exact) mass is 516 g/mol. The number of hydrogen-bond acceptors (Lipinski definition) is 5. The second-order valence-electron chi connectivity index (χ2n) is 9.33. The number of piperazine rings is 1. The molecule has 2 heterocycles. The lowest BCUT2D eigenvalue weighted by atomic mass is 10.0. The molecule has 196 valence electrons. The van der Waals surface area contributed by atoms with E-state index in [4.69, 9.17) is 10.5 Å². The predicted molar refractivity (Wildman–Crippen MR) is 132 cm³/mol. The minimum Gasteiger partial charge on any atom is -0.482 e. The SMILES string of the molecule is CC1CN(C(=O)c2ccc(-c3cnc(N)c(OC(C)c4cccc(F)c4C(F)(F)F)c3)cc2)C[C@@H](C)N1. The summed E-state index contributed by atoms with van der Waals surface area (Å²) in [7, 11) is 0. The Labute approximate surface area is 212 Å². The second kappa shape index (κ2) is 10.4. The molecular formula is C27H28F4N4O2. The molecule has 10 heteroatoms. The third kappa shape index (κ3) is 5.85. The van der Waals surface area contributed by atoms with Gasteiger partial charge in [-0.2, -0.15) is 13.2 Å². The molecule has 1 fully saturated rings. The summed E-state index contributed by atoms with van der Waals surface area (Å²) < 4.78 is 60.1. The van der Waals surface area contributed by atoms with E-state index in [1.807, 2.05) is 18.7 Å². The van der Waals surface area contributed by atoms with Gasteiger partial charge in [0, 0.05) is 48.1 Å². The summed E-state index contributed by atoms with van der Waals surface area (Å²) in [5.41, 5.74) is 6.05. The van der Waals surface area contributed by atoms with Gasteiger partial charge >= 0.3 is 6.18 Å². The number of hydrogen-bond donors (Lipinski definition) is 2. The Balaban J connectivity index is 1.55. The first-order valence-corrected chi connectivity index (χ1v) is 11.9. The third-order valence-corrected chi connectivity index (χ3v) is 6.26. The number of benzene rings is 2. The van der Waals surface area contributed by atoms with E-state index in [-0.39, 0.29) is 35.1 Å². The van der Waals surface area contributed by atoms with E-state index in [2.05, 4.69) is 10.3 Å². The number of anilines is 1. The number of rotatable bonds is 5. The number of amides is 1. The standard InChI is InChI=1S/C27H28F4N4O2/c1-15-13-35(14-16(2)34-15)26(36)19-9-7-18(8-10-19)20-11-23(25(32)33-12-20)37-17(3)21-5-4-6-22(28)24(21)27(29,30)31/h4-12,15-17,34H,13-14H2,1-3H3,(H2,32,33)/t15-,16?,17?/m1/s1. The van der Waals surface area contributed by atoms with Crippen molar-refractivity contribution < 1.29 is 27.1 Å². The van der Waals surface area contributed by atoms with Crippen LogP contribution in [-0.2, 0) is 6.18 Å². The van der Waals surface area contributed by atoms with Gasteiger partial charge < -0.3 is 20.7 Å². The number of nitrogens with one attached hydrogen (secondary N) is 1. The van der Waals surface area contributed by atoms with Crippen LogP contribution < -0.4 is 15.8 Å². The molecule has 0 spiro atoms. The zero-order chi connectivity index (χ0) is 26.9. The molecule has 4 rings (SSSR count). The number of halogens is 4. The van der Waals surface area contributed by atoms with Crippen molar-refractivity contribution in [2.45, 2.75) is 45.1 Å². The topological polar surface area (TPSA) is 80.5 Å². The van der Waals surface area contributed by atoms with Crippen molar-refractivity contribution in [1.82, 2.24) is 15.2 Å². The molecule has 1 saturated heterocycles. The molecule has 37 heavy (non-hydrogen) atoms. The molecule has 3 N–H and O–H groups in total. The van der Waals surface area contributed by atoms with Crippen molar-refractivity contribution in [2.24, 2.45) is 0 Å². The number of aromatic nitrogens is 1. The van der Waals surface area contributed by atoms with Crippen molar-refractivity contribution in [3.05, 3.63) is 77.2 Å². The maximum atomic E-state index is 14.0. The van der Waals surface area contributed by atoms with Gasteiger partial charge in [-0.3, -0.25) is 4.79 Å². The van der Waals surface area contributed by atoms with E-state index in [1.54, 1.807) is 30.3 Å². The normalized spacial score (nSPS) is 18.9. The quantitative estimate of drug-likeness (QED) is 0.441. The fraction of sp³-hybridized carbons (Fsp3) is 0.333. The number of pyridine rings is 1. The molecule has 1 aromatic heterocycles. The van der Waals surface area contributed by atoms with Gasteiger partial charge in [-0.25, -0.2) is 9.37 Å². The number of carbonyl (C=O) groups excluding carboxylic acids is 1. The van der Waals surface area contributed by atoms with E-state index in [0.717, 1.165) is 6.07 Å². The maximum absolute atomic E-state index is 14.0. The molecule has 3 aromatic rings. The van der Waals surface area contributed by atoms with Crippen LogP contribution in [0.25, 0.3) is 11.1 Å². The number of nitrogens with zero attached hydrogens (tertiary/aromatic N) is 2. The molecule has 1 aliphatic heterocycles. The lowest BCUT2D eigenvalue weighted by molar-refractivity contribution is -0.141. The lowest BCUT2D eigenvalue weighted by Crippen LogP contribution is -2.55. The molecule has 0 radical (unpaired) electrons. The van der Waals surface area contributed by atoms with Crippen molar-refractivity contribution in [3.63, 3.8) is 0 Å².